The normalized spacial score (nSPS) is 23.2. The van der Waals surface area contributed by atoms with Gasteiger partial charge in [0.15, 0.2) is 0 Å². The Hall–Kier alpha value is -1.77. The van der Waals surface area contributed by atoms with Gasteiger partial charge in [-0.05, 0) is 0 Å². The molecule has 1 unspecified atom stereocenters. The molecule has 2 fully saturated rings. The quantitative estimate of drug-likeness (QED) is 0.761. The fourth-order valence-corrected chi connectivity index (χ4v) is 2.54. The summed E-state index contributed by atoms with van der Waals surface area (Å²) in [5.74, 6) is 0.452. The number of aromatic nitrogens is 2. The van der Waals surface area contributed by atoms with E-state index in [1.165, 1.54) is 6.20 Å². The van der Waals surface area contributed by atoms with Crippen molar-refractivity contribution in [1.82, 2.24) is 14.9 Å². The lowest BCUT2D eigenvalue weighted by Gasteiger charge is -2.27. The molecule has 1 aromatic rings. The van der Waals surface area contributed by atoms with Gasteiger partial charge in [-0.1, -0.05) is 0 Å². The Morgan fingerprint density at radius 1 is 1.18 bits per heavy atom. The van der Waals surface area contributed by atoms with Crippen LogP contribution in [0.15, 0.2) is 12.4 Å². The monoisotopic (exact) mass is 308 g/mol. The molecule has 2 aliphatic rings. The summed E-state index contributed by atoms with van der Waals surface area (Å²) in [6.07, 6.45) is 2.52. The molecule has 0 aromatic carbocycles. The van der Waals surface area contributed by atoms with Crippen LogP contribution in [0.4, 0.5) is 5.82 Å². The van der Waals surface area contributed by atoms with Gasteiger partial charge in [-0.3, -0.25) is 9.78 Å². The molecule has 8 heteroatoms. The fourth-order valence-electron chi connectivity index (χ4n) is 2.54. The van der Waals surface area contributed by atoms with Gasteiger partial charge in [0.25, 0.3) is 5.91 Å². The number of hydrogen-bond acceptors (Lipinski definition) is 7. The van der Waals surface area contributed by atoms with Crippen LogP contribution in [-0.4, -0.2) is 84.6 Å². The number of anilines is 1. The molecule has 0 saturated carbocycles. The van der Waals surface area contributed by atoms with Crippen LogP contribution in [0, 0.1) is 0 Å². The Kier molecular flexibility index (Phi) is 4.81. The summed E-state index contributed by atoms with van der Waals surface area (Å²) in [6, 6.07) is 0. The number of rotatable bonds is 2. The predicted octanol–water partition coefficient (Wildman–Crippen LogP) is -0.853. The second-order valence-electron chi connectivity index (χ2n) is 5.34. The average molecular weight is 308 g/mol. The highest BCUT2D eigenvalue weighted by Crippen LogP contribution is 2.14. The van der Waals surface area contributed by atoms with Crippen molar-refractivity contribution in [2.45, 2.75) is 6.10 Å². The minimum absolute atomic E-state index is 0.135. The molecule has 1 amide bonds. The third kappa shape index (κ3) is 3.52. The van der Waals surface area contributed by atoms with Crippen molar-refractivity contribution in [3.63, 3.8) is 0 Å². The predicted molar refractivity (Wildman–Crippen MR) is 77.8 cm³/mol. The van der Waals surface area contributed by atoms with Gasteiger partial charge in [-0.15, -0.1) is 0 Å². The number of morpholine rings is 1. The van der Waals surface area contributed by atoms with E-state index in [1.807, 2.05) is 4.90 Å². The van der Waals surface area contributed by atoms with Gasteiger partial charge in [0.2, 0.25) is 0 Å². The van der Waals surface area contributed by atoms with Crippen molar-refractivity contribution in [2.24, 2.45) is 0 Å². The summed E-state index contributed by atoms with van der Waals surface area (Å²) < 4.78 is 10.6. The second kappa shape index (κ2) is 6.99. The van der Waals surface area contributed by atoms with E-state index < -0.39 is 6.10 Å². The lowest BCUT2D eigenvalue weighted by atomic mass is 10.3. The first-order valence-electron chi connectivity index (χ1n) is 7.44. The summed E-state index contributed by atoms with van der Waals surface area (Å²) in [7, 11) is 0. The van der Waals surface area contributed by atoms with Crippen LogP contribution >= 0.6 is 0 Å². The lowest BCUT2D eigenvalue weighted by Crippen LogP contribution is -2.41. The van der Waals surface area contributed by atoms with Gasteiger partial charge in [-0.2, -0.15) is 0 Å². The molecule has 1 aromatic heterocycles. The van der Waals surface area contributed by atoms with Crippen LogP contribution in [0.5, 0.6) is 0 Å². The number of aliphatic hydroxyl groups excluding tert-OH is 1. The third-order valence-corrected chi connectivity index (χ3v) is 3.71. The Bertz CT molecular complexity index is 521. The number of carbonyl (C=O) groups excluding carboxylic acids is 1. The molecular weight excluding hydrogens is 288 g/mol. The van der Waals surface area contributed by atoms with E-state index in [4.69, 9.17) is 9.47 Å². The van der Waals surface area contributed by atoms with Crippen LogP contribution in [0.3, 0.4) is 0 Å². The summed E-state index contributed by atoms with van der Waals surface area (Å²) in [5.41, 5.74) is 0.319. The number of β-amino-alcohol motifs (C(OH)–C–C–N with tert-alkyl or cyclic N) is 1. The molecule has 8 nitrogen and oxygen atoms in total. The minimum atomic E-state index is -0.567. The van der Waals surface area contributed by atoms with Gasteiger partial charge >= 0.3 is 0 Å². The first kappa shape index (κ1) is 15.1. The Labute approximate surface area is 128 Å². The Balaban J connectivity index is 1.75. The Morgan fingerprint density at radius 3 is 2.77 bits per heavy atom. The van der Waals surface area contributed by atoms with E-state index in [2.05, 4.69) is 9.97 Å². The van der Waals surface area contributed by atoms with Crippen molar-refractivity contribution < 1.29 is 19.4 Å². The number of hydrogen-bond donors (Lipinski definition) is 1. The van der Waals surface area contributed by atoms with Crippen molar-refractivity contribution in [3.8, 4) is 0 Å². The maximum absolute atomic E-state index is 12.4. The molecule has 0 spiro atoms. The minimum Gasteiger partial charge on any atom is -0.389 e. The lowest BCUT2D eigenvalue weighted by molar-refractivity contribution is 0.0299. The topological polar surface area (TPSA) is 88.0 Å². The highest BCUT2D eigenvalue weighted by atomic mass is 16.5. The molecule has 1 N–H and O–H groups in total. The molecule has 0 aliphatic carbocycles. The number of carbonyl (C=O) groups is 1. The summed E-state index contributed by atoms with van der Waals surface area (Å²) in [5, 5.41) is 9.80. The zero-order valence-electron chi connectivity index (χ0n) is 12.3. The van der Waals surface area contributed by atoms with Crippen molar-refractivity contribution in [1.29, 1.82) is 0 Å². The Morgan fingerprint density at radius 2 is 1.95 bits per heavy atom. The molecule has 1 atom stereocenters. The standard InChI is InChI=1S/C14H20N4O4/c19-11-9-18(3-6-22-10-11)13-8-15-7-12(16-13)14(20)17-1-4-21-5-2-17/h7-8,11,19H,1-6,9-10H2. The van der Waals surface area contributed by atoms with Crippen LogP contribution < -0.4 is 4.90 Å². The molecule has 22 heavy (non-hydrogen) atoms. The average Bonchev–Trinajstić information content (AvgIpc) is 2.80. The van der Waals surface area contributed by atoms with Crippen LogP contribution in [0.2, 0.25) is 0 Å². The largest absolute Gasteiger partial charge is 0.389 e. The fraction of sp³-hybridized carbons (Fsp3) is 0.643. The highest BCUT2D eigenvalue weighted by molar-refractivity contribution is 5.92. The first-order valence-corrected chi connectivity index (χ1v) is 7.44. The van der Waals surface area contributed by atoms with Gasteiger partial charge in [-0.25, -0.2) is 4.98 Å². The second-order valence-corrected chi connectivity index (χ2v) is 5.34. The van der Waals surface area contributed by atoms with Crippen LogP contribution in [0.1, 0.15) is 10.5 Å². The molecule has 2 aliphatic heterocycles. The molecule has 120 valence electrons. The number of amides is 1. The number of aliphatic hydroxyl groups is 1. The van der Waals surface area contributed by atoms with Crippen molar-refractivity contribution >= 4 is 11.7 Å². The van der Waals surface area contributed by atoms with Gasteiger partial charge in [0.05, 0.1) is 44.9 Å². The summed E-state index contributed by atoms with van der Waals surface area (Å²) in [6.45, 7) is 4.10. The smallest absolute Gasteiger partial charge is 0.274 e. The van der Waals surface area contributed by atoms with Gasteiger partial charge in [0.1, 0.15) is 11.5 Å². The zero-order valence-corrected chi connectivity index (χ0v) is 12.3. The van der Waals surface area contributed by atoms with Crippen LogP contribution in [-0.2, 0) is 9.47 Å². The van der Waals surface area contributed by atoms with Crippen molar-refractivity contribution in [3.05, 3.63) is 18.1 Å². The van der Waals surface area contributed by atoms with E-state index >= 15 is 0 Å². The van der Waals surface area contributed by atoms with E-state index in [9.17, 15) is 9.90 Å². The van der Waals surface area contributed by atoms with E-state index in [-0.39, 0.29) is 5.91 Å². The molecule has 0 radical (unpaired) electrons. The summed E-state index contributed by atoms with van der Waals surface area (Å²) in [4.78, 5) is 24.6. The van der Waals surface area contributed by atoms with Crippen molar-refractivity contribution in [2.75, 3.05) is 57.5 Å². The molecular formula is C14H20N4O4. The maximum Gasteiger partial charge on any atom is 0.274 e. The van der Waals surface area contributed by atoms with E-state index in [1.54, 1.807) is 11.1 Å². The van der Waals surface area contributed by atoms with Crippen LogP contribution in [0.25, 0.3) is 0 Å². The highest BCUT2D eigenvalue weighted by Gasteiger charge is 2.22. The number of nitrogens with zero attached hydrogens (tertiary/aromatic N) is 4. The van der Waals surface area contributed by atoms with E-state index in [0.29, 0.717) is 64.1 Å². The molecule has 3 heterocycles. The zero-order chi connectivity index (χ0) is 15.4. The third-order valence-electron chi connectivity index (χ3n) is 3.71. The molecule has 2 saturated heterocycles. The van der Waals surface area contributed by atoms with Gasteiger partial charge in [0, 0.05) is 26.2 Å². The molecule has 0 bridgehead atoms. The molecule has 3 rings (SSSR count). The number of ether oxygens (including phenoxy) is 2. The summed E-state index contributed by atoms with van der Waals surface area (Å²) >= 11 is 0. The SMILES string of the molecule is O=C(c1cncc(N2CCOCC(O)C2)n1)N1CCOCC1. The first-order chi connectivity index (χ1) is 10.7. The maximum atomic E-state index is 12.4. The van der Waals surface area contributed by atoms with E-state index in [0.717, 1.165) is 0 Å². The van der Waals surface area contributed by atoms with Gasteiger partial charge < -0.3 is 24.4 Å².